The van der Waals surface area contributed by atoms with Gasteiger partial charge in [0.05, 0.1) is 7.11 Å². The average molecular weight is 494 g/mol. The molecule has 3 unspecified atom stereocenters. The van der Waals surface area contributed by atoms with E-state index in [1.54, 1.807) is 53.7 Å². The highest BCUT2D eigenvalue weighted by Gasteiger charge is 2.40. The van der Waals surface area contributed by atoms with Gasteiger partial charge in [-0.2, -0.15) is 0 Å². The Labute approximate surface area is 207 Å². The van der Waals surface area contributed by atoms with Crippen molar-refractivity contribution in [2.24, 2.45) is 5.92 Å². The number of carbonyl (C=O) groups excluding carboxylic acids is 4. The third-order valence-corrected chi connectivity index (χ3v) is 5.32. The second-order valence-electron chi connectivity index (χ2n) is 9.63. The fraction of sp³-hybridized carbons (Fsp3) is 0.600. The van der Waals surface area contributed by atoms with Crippen molar-refractivity contribution >= 4 is 23.9 Å². The van der Waals surface area contributed by atoms with Crippen molar-refractivity contribution in [1.82, 2.24) is 15.5 Å². The highest BCUT2D eigenvalue weighted by molar-refractivity contribution is 5.93. The summed E-state index contributed by atoms with van der Waals surface area (Å²) in [4.78, 5) is 52.7. The predicted octanol–water partition coefficient (Wildman–Crippen LogP) is 2.90. The van der Waals surface area contributed by atoms with Gasteiger partial charge < -0.3 is 30.1 Å². The Morgan fingerprint density at radius 1 is 1.09 bits per heavy atom. The predicted molar refractivity (Wildman–Crippen MR) is 130 cm³/mol. The molecule has 0 saturated heterocycles. The quantitative estimate of drug-likeness (QED) is 0.427. The van der Waals surface area contributed by atoms with Gasteiger partial charge in [-0.1, -0.05) is 39.0 Å². The number of hydrogen-bond acceptors (Lipinski definition) is 7. The van der Waals surface area contributed by atoms with Crippen molar-refractivity contribution in [3.8, 4) is 5.75 Å². The first kappa shape index (κ1) is 29.7. The Balaban J connectivity index is 3.51. The highest BCUT2D eigenvalue weighted by Crippen LogP contribution is 2.32. The van der Waals surface area contributed by atoms with Gasteiger partial charge in [-0.15, -0.1) is 0 Å². The number of amides is 3. The van der Waals surface area contributed by atoms with E-state index in [0.717, 1.165) is 0 Å². The Morgan fingerprint density at radius 3 is 2.17 bits per heavy atom. The van der Waals surface area contributed by atoms with Crippen LogP contribution in [-0.4, -0.2) is 65.2 Å². The molecule has 0 radical (unpaired) electrons. The summed E-state index contributed by atoms with van der Waals surface area (Å²) in [6.07, 6.45) is -0.278. The Hall–Kier alpha value is -3.30. The summed E-state index contributed by atoms with van der Waals surface area (Å²) >= 11 is 0. The van der Waals surface area contributed by atoms with E-state index in [9.17, 15) is 24.3 Å². The van der Waals surface area contributed by atoms with Crippen molar-refractivity contribution < 1.29 is 33.8 Å². The lowest BCUT2D eigenvalue weighted by atomic mass is 9.96. The zero-order chi connectivity index (χ0) is 26.9. The van der Waals surface area contributed by atoms with Crippen LogP contribution in [-0.2, 0) is 23.9 Å². The number of carbonyl (C=O) groups is 4. The maximum atomic E-state index is 13.9. The van der Waals surface area contributed by atoms with E-state index in [0.29, 0.717) is 6.42 Å². The van der Waals surface area contributed by atoms with Crippen LogP contribution in [0.2, 0.25) is 0 Å². The van der Waals surface area contributed by atoms with Gasteiger partial charge in [-0.3, -0.25) is 14.4 Å². The molecular formula is C25H39N3O7. The SMILES string of the molecule is CCC(C)N(C(=O)C(NC(=O)OC(C)(C)C)C(C)C)C(C(=O)NCC(=O)OC)c1ccccc1O. The van der Waals surface area contributed by atoms with E-state index < -0.39 is 54.1 Å². The van der Waals surface area contributed by atoms with Crippen molar-refractivity contribution in [3.05, 3.63) is 29.8 Å². The fourth-order valence-corrected chi connectivity index (χ4v) is 3.37. The number of esters is 1. The zero-order valence-corrected chi connectivity index (χ0v) is 21.9. The van der Waals surface area contributed by atoms with Gasteiger partial charge >= 0.3 is 12.1 Å². The van der Waals surface area contributed by atoms with Gasteiger partial charge in [0.25, 0.3) is 0 Å². The van der Waals surface area contributed by atoms with E-state index >= 15 is 0 Å². The zero-order valence-electron chi connectivity index (χ0n) is 21.9. The lowest BCUT2D eigenvalue weighted by molar-refractivity contribution is -0.147. The number of nitrogens with one attached hydrogen (secondary N) is 2. The first-order valence-electron chi connectivity index (χ1n) is 11.7. The van der Waals surface area contributed by atoms with Crippen molar-refractivity contribution in [2.45, 2.75) is 78.6 Å². The van der Waals surface area contributed by atoms with E-state index in [-0.39, 0.29) is 17.2 Å². The van der Waals surface area contributed by atoms with E-state index in [1.165, 1.54) is 24.1 Å². The molecule has 0 aromatic heterocycles. The van der Waals surface area contributed by atoms with Gasteiger partial charge in [0.2, 0.25) is 11.8 Å². The van der Waals surface area contributed by atoms with Gasteiger partial charge in [0.15, 0.2) is 0 Å². The van der Waals surface area contributed by atoms with E-state index in [2.05, 4.69) is 15.4 Å². The molecule has 10 heteroatoms. The van der Waals surface area contributed by atoms with Gasteiger partial charge in [0, 0.05) is 11.6 Å². The van der Waals surface area contributed by atoms with Crippen LogP contribution in [0.15, 0.2) is 24.3 Å². The molecule has 35 heavy (non-hydrogen) atoms. The highest BCUT2D eigenvalue weighted by atomic mass is 16.6. The second-order valence-corrected chi connectivity index (χ2v) is 9.63. The lowest BCUT2D eigenvalue weighted by Crippen LogP contribution is -2.57. The lowest BCUT2D eigenvalue weighted by Gasteiger charge is -2.39. The summed E-state index contributed by atoms with van der Waals surface area (Å²) in [5.41, 5.74) is -0.583. The van der Waals surface area contributed by atoms with E-state index in [1.807, 2.05) is 6.92 Å². The number of aromatic hydroxyl groups is 1. The fourth-order valence-electron chi connectivity index (χ4n) is 3.37. The topological polar surface area (TPSA) is 134 Å². The second kappa shape index (κ2) is 13.0. The Kier molecular flexibility index (Phi) is 11.0. The molecule has 196 valence electrons. The number of ether oxygens (including phenoxy) is 2. The summed E-state index contributed by atoms with van der Waals surface area (Å²) in [5.74, 6) is -2.40. The molecule has 0 spiro atoms. The molecule has 3 amide bonds. The average Bonchev–Trinajstić information content (AvgIpc) is 2.77. The van der Waals surface area contributed by atoms with Gasteiger partial charge in [-0.05, 0) is 46.1 Å². The van der Waals surface area contributed by atoms with Crippen LogP contribution in [0.1, 0.15) is 66.5 Å². The molecule has 0 heterocycles. The minimum Gasteiger partial charge on any atom is -0.508 e. The van der Waals surface area contributed by atoms with Gasteiger partial charge in [-0.25, -0.2) is 4.79 Å². The number of phenols is 1. The Bertz CT molecular complexity index is 895. The maximum absolute atomic E-state index is 13.9. The number of para-hydroxylation sites is 1. The largest absolute Gasteiger partial charge is 0.508 e. The molecule has 0 fully saturated rings. The molecule has 0 bridgehead atoms. The monoisotopic (exact) mass is 493 g/mol. The molecule has 1 aromatic carbocycles. The molecule has 0 aliphatic carbocycles. The normalized spacial score (nSPS) is 13.9. The first-order valence-corrected chi connectivity index (χ1v) is 11.7. The molecule has 10 nitrogen and oxygen atoms in total. The van der Waals surface area contributed by atoms with Crippen LogP contribution in [0.4, 0.5) is 4.79 Å². The number of methoxy groups -OCH3 is 1. The van der Waals surface area contributed by atoms with Crippen molar-refractivity contribution in [2.75, 3.05) is 13.7 Å². The molecule has 1 rings (SSSR count). The maximum Gasteiger partial charge on any atom is 0.408 e. The smallest absolute Gasteiger partial charge is 0.408 e. The van der Waals surface area contributed by atoms with Crippen molar-refractivity contribution in [3.63, 3.8) is 0 Å². The summed E-state index contributed by atoms with van der Waals surface area (Å²) in [5, 5.41) is 15.7. The molecule has 0 aliphatic rings. The van der Waals surface area contributed by atoms with Gasteiger partial charge in [0.1, 0.15) is 30.0 Å². The first-order chi connectivity index (χ1) is 16.2. The third kappa shape index (κ3) is 8.77. The molecule has 0 aliphatic heterocycles. The summed E-state index contributed by atoms with van der Waals surface area (Å²) in [7, 11) is 1.19. The number of benzene rings is 1. The number of phenolic OH excluding ortho intramolecular Hbond substituents is 1. The standard InChI is InChI=1S/C25H39N3O7/c1-9-16(4)28(23(32)20(15(2)3)27-24(33)35-25(5,6)7)21(17-12-10-11-13-18(17)29)22(31)26-14-19(30)34-8/h10-13,15-16,20-21,29H,9,14H2,1-8H3,(H,26,31)(H,27,33). The number of nitrogens with zero attached hydrogens (tertiary/aromatic N) is 1. The molecule has 3 atom stereocenters. The minimum absolute atomic E-state index is 0.184. The summed E-state index contributed by atoms with van der Waals surface area (Å²) in [6.45, 7) is 11.9. The summed E-state index contributed by atoms with van der Waals surface area (Å²) in [6, 6.07) is 3.43. The third-order valence-electron chi connectivity index (χ3n) is 5.32. The van der Waals surface area contributed by atoms with Crippen molar-refractivity contribution in [1.29, 1.82) is 0 Å². The molecule has 3 N–H and O–H groups in total. The number of hydrogen-bond donors (Lipinski definition) is 3. The van der Waals surface area contributed by atoms with Crippen LogP contribution in [0.3, 0.4) is 0 Å². The Morgan fingerprint density at radius 2 is 1.69 bits per heavy atom. The molecular weight excluding hydrogens is 454 g/mol. The minimum atomic E-state index is -1.27. The molecule has 1 aromatic rings. The van der Waals surface area contributed by atoms with Crippen LogP contribution < -0.4 is 10.6 Å². The van der Waals surface area contributed by atoms with Crippen LogP contribution in [0.25, 0.3) is 0 Å². The summed E-state index contributed by atoms with van der Waals surface area (Å²) < 4.78 is 9.93. The van der Waals surface area contributed by atoms with Crippen LogP contribution in [0, 0.1) is 5.92 Å². The number of rotatable bonds is 10. The molecule has 0 saturated carbocycles. The van der Waals surface area contributed by atoms with Crippen LogP contribution in [0.5, 0.6) is 5.75 Å². The van der Waals surface area contributed by atoms with Crippen LogP contribution >= 0.6 is 0 Å². The number of alkyl carbamates (subject to hydrolysis) is 1. The van der Waals surface area contributed by atoms with E-state index in [4.69, 9.17) is 4.74 Å².